The molecule has 0 radical (unpaired) electrons. The first-order valence-corrected chi connectivity index (χ1v) is 4.47. The molecule has 1 aliphatic heterocycles. The monoisotopic (exact) mass is 178 g/mol. The average molecular weight is 178 g/mol. The molecule has 3 N–H and O–H groups in total. The van der Waals surface area contributed by atoms with E-state index < -0.39 is 0 Å². The summed E-state index contributed by atoms with van der Waals surface area (Å²) in [5.41, 5.74) is 8.07. The van der Waals surface area contributed by atoms with Gasteiger partial charge in [-0.1, -0.05) is 6.07 Å². The first-order valence-electron chi connectivity index (χ1n) is 4.47. The molecule has 1 aliphatic rings. The maximum absolute atomic E-state index is 5.68. The minimum absolute atomic E-state index is 0.395. The van der Waals surface area contributed by atoms with Gasteiger partial charge in [-0.05, 0) is 12.1 Å². The quantitative estimate of drug-likeness (QED) is 0.714. The van der Waals surface area contributed by atoms with Crippen molar-refractivity contribution in [1.29, 1.82) is 0 Å². The molecular formula is C10H14N2O. The Labute approximate surface area is 77.9 Å². The lowest BCUT2D eigenvalue weighted by Gasteiger charge is -2.10. The number of benzene rings is 1. The zero-order chi connectivity index (χ0) is 9.26. The van der Waals surface area contributed by atoms with Crippen LogP contribution in [0.4, 0.5) is 5.69 Å². The average Bonchev–Trinajstić information content (AvgIpc) is 2.60. The van der Waals surface area contributed by atoms with E-state index in [9.17, 15) is 0 Å². The fourth-order valence-corrected chi connectivity index (χ4v) is 1.83. The standard InChI is InChI=1S/C10H14N2O/c1-13-9-4-2-3-8-10(9)7(5-11)6-12-8/h2-4,7,12H,5-6,11H2,1H3. The van der Waals surface area contributed by atoms with Crippen LogP contribution in [0.3, 0.4) is 0 Å². The molecule has 0 amide bonds. The van der Waals surface area contributed by atoms with Gasteiger partial charge in [0.1, 0.15) is 5.75 Å². The van der Waals surface area contributed by atoms with Crippen LogP contribution in [0.1, 0.15) is 11.5 Å². The van der Waals surface area contributed by atoms with Crippen LogP contribution >= 0.6 is 0 Å². The summed E-state index contributed by atoms with van der Waals surface area (Å²) in [6, 6.07) is 6.03. The second kappa shape index (κ2) is 3.26. The summed E-state index contributed by atoms with van der Waals surface area (Å²) in [5, 5.41) is 3.32. The summed E-state index contributed by atoms with van der Waals surface area (Å²) in [7, 11) is 1.70. The summed E-state index contributed by atoms with van der Waals surface area (Å²) < 4.78 is 5.29. The topological polar surface area (TPSA) is 47.3 Å². The molecule has 1 unspecified atom stereocenters. The summed E-state index contributed by atoms with van der Waals surface area (Å²) in [6.07, 6.45) is 0. The van der Waals surface area contributed by atoms with Gasteiger partial charge in [0.2, 0.25) is 0 Å². The number of methoxy groups -OCH3 is 1. The molecule has 1 atom stereocenters. The Kier molecular flexibility index (Phi) is 2.10. The predicted molar refractivity (Wildman–Crippen MR) is 53.3 cm³/mol. The number of nitrogens with two attached hydrogens (primary N) is 1. The SMILES string of the molecule is COc1cccc2c1C(CN)CN2. The van der Waals surface area contributed by atoms with Gasteiger partial charge >= 0.3 is 0 Å². The van der Waals surface area contributed by atoms with Gasteiger partial charge in [-0.15, -0.1) is 0 Å². The number of hydrogen-bond donors (Lipinski definition) is 2. The fraction of sp³-hybridized carbons (Fsp3) is 0.400. The molecule has 0 fully saturated rings. The number of nitrogens with one attached hydrogen (secondary N) is 1. The molecule has 0 aliphatic carbocycles. The summed E-state index contributed by atoms with van der Waals surface area (Å²) >= 11 is 0. The Balaban J connectivity index is 2.46. The summed E-state index contributed by atoms with van der Waals surface area (Å²) in [4.78, 5) is 0. The van der Waals surface area contributed by atoms with Crippen molar-refractivity contribution < 1.29 is 4.74 Å². The van der Waals surface area contributed by atoms with Crippen molar-refractivity contribution in [2.24, 2.45) is 5.73 Å². The molecule has 1 aromatic carbocycles. The van der Waals surface area contributed by atoms with Crippen LogP contribution < -0.4 is 15.8 Å². The van der Waals surface area contributed by atoms with Gasteiger partial charge in [0.25, 0.3) is 0 Å². The number of rotatable bonds is 2. The molecule has 3 heteroatoms. The zero-order valence-electron chi connectivity index (χ0n) is 7.71. The normalized spacial score (nSPS) is 19.4. The molecule has 3 nitrogen and oxygen atoms in total. The summed E-state index contributed by atoms with van der Waals surface area (Å²) in [5.74, 6) is 1.34. The van der Waals surface area contributed by atoms with E-state index in [0.717, 1.165) is 18.0 Å². The molecule has 13 heavy (non-hydrogen) atoms. The molecule has 0 saturated heterocycles. The molecule has 70 valence electrons. The van der Waals surface area contributed by atoms with Crippen LogP contribution in [0.5, 0.6) is 5.75 Å². The Morgan fingerprint density at radius 1 is 1.62 bits per heavy atom. The van der Waals surface area contributed by atoms with Crippen LogP contribution in [0.15, 0.2) is 18.2 Å². The molecule has 0 saturated carbocycles. The Morgan fingerprint density at radius 3 is 3.15 bits per heavy atom. The van der Waals surface area contributed by atoms with Crippen LogP contribution in [0.25, 0.3) is 0 Å². The number of ether oxygens (including phenoxy) is 1. The molecule has 0 spiro atoms. The van der Waals surface area contributed by atoms with Crippen molar-refractivity contribution in [2.75, 3.05) is 25.5 Å². The highest BCUT2D eigenvalue weighted by atomic mass is 16.5. The first kappa shape index (κ1) is 8.38. The van der Waals surface area contributed by atoms with Crippen molar-refractivity contribution >= 4 is 5.69 Å². The highest BCUT2D eigenvalue weighted by Gasteiger charge is 2.24. The third-order valence-corrected chi connectivity index (χ3v) is 2.52. The van der Waals surface area contributed by atoms with Crippen LogP contribution in [0.2, 0.25) is 0 Å². The number of anilines is 1. The van der Waals surface area contributed by atoms with Gasteiger partial charge in [-0.25, -0.2) is 0 Å². The number of hydrogen-bond acceptors (Lipinski definition) is 3. The Bertz CT molecular complexity index is 312. The Morgan fingerprint density at radius 2 is 2.46 bits per heavy atom. The highest BCUT2D eigenvalue weighted by molar-refractivity contribution is 5.63. The molecule has 0 aromatic heterocycles. The lowest BCUT2D eigenvalue weighted by molar-refractivity contribution is 0.408. The van der Waals surface area contributed by atoms with E-state index in [2.05, 4.69) is 11.4 Å². The van der Waals surface area contributed by atoms with E-state index in [1.807, 2.05) is 12.1 Å². The molecule has 1 heterocycles. The minimum atomic E-state index is 0.395. The largest absolute Gasteiger partial charge is 0.496 e. The van der Waals surface area contributed by atoms with Gasteiger partial charge < -0.3 is 15.8 Å². The van der Waals surface area contributed by atoms with Gasteiger partial charge in [0.15, 0.2) is 0 Å². The van der Waals surface area contributed by atoms with Crippen molar-refractivity contribution in [3.05, 3.63) is 23.8 Å². The van der Waals surface area contributed by atoms with Crippen LogP contribution in [-0.2, 0) is 0 Å². The van der Waals surface area contributed by atoms with Crippen molar-refractivity contribution in [3.8, 4) is 5.75 Å². The van der Waals surface area contributed by atoms with Crippen molar-refractivity contribution in [3.63, 3.8) is 0 Å². The molecule has 1 aromatic rings. The van der Waals surface area contributed by atoms with E-state index >= 15 is 0 Å². The fourth-order valence-electron chi connectivity index (χ4n) is 1.83. The molecular weight excluding hydrogens is 164 g/mol. The van der Waals surface area contributed by atoms with E-state index in [4.69, 9.17) is 10.5 Å². The molecule has 2 rings (SSSR count). The van der Waals surface area contributed by atoms with Crippen LogP contribution in [0, 0.1) is 0 Å². The number of fused-ring (bicyclic) bond motifs is 1. The minimum Gasteiger partial charge on any atom is -0.496 e. The zero-order valence-corrected chi connectivity index (χ0v) is 7.71. The van der Waals surface area contributed by atoms with Crippen LogP contribution in [-0.4, -0.2) is 20.2 Å². The van der Waals surface area contributed by atoms with Gasteiger partial charge in [-0.2, -0.15) is 0 Å². The Hall–Kier alpha value is -1.22. The van der Waals surface area contributed by atoms with E-state index in [0.29, 0.717) is 12.5 Å². The smallest absolute Gasteiger partial charge is 0.124 e. The van der Waals surface area contributed by atoms with Gasteiger partial charge in [0.05, 0.1) is 7.11 Å². The maximum atomic E-state index is 5.68. The predicted octanol–water partition coefficient (Wildman–Crippen LogP) is 1.16. The summed E-state index contributed by atoms with van der Waals surface area (Å²) in [6.45, 7) is 1.59. The van der Waals surface area contributed by atoms with E-state index in [1.165, 1.54) is 5.56 Å². The highest BCUT2D eigenvalue weighted by Crippen LogP contribution is 2.37. The third kappa shape index (κ3) is 1.25. The second-order valence-electron chi connectivity index (χ2n) is 3.24. The van der Waals surface area contributed by atoms with Crippen molar-refractivity contribution in [1.82, 2.24) is 0 Å². The maximum Gasteiger partial charge on any atom is 0.124 e. The van der Waals surface area contributed by atoms with E-state index in [-0.39, 0.29) is 0 Å². The third-order valence-electron chi connectivity index (χ3n) is 2.52. The first-order chi connectivity index (χ1) is 6.36. The van der Waals surface area contributed by atoms with Gasteiger partial charge in [-0.3, -0.25) is 0 Å². The van der Waals surface area contributed by atoms with Gasteiger partial charge in [0, 0.05) is 30.3 Å². The van der Waals surface area contributed by atoms with E-state index in [1.54, 1.807) is 7.11 Å². The second-order valence-corrected chi connectivity index (χ2v) is 3.24. The lowest BCUT2D eigenvalue weighted by Crippen LogP contribution is -2.14. The lowest BCUT2D eigenvalue weighted by atomic mass is 10.0. The van der Waals surface area contributed by atoms with Crippen molar-refractivity contribution in [2.45, 2.75) is 5.92 Å². The molecule has 0 bridgehead atoms.